The van der Waals surface area contributed by atoms with Crippen molar-refractivity contribution in [3.63, 3.8) is 0 Å². The van der Waals surface area contributed by atoms with Gasteiger partial charge >= 0.3 is 5.97 Å². The molecule has 0 spiro atoms. The van der Waals surface area contributed by atoms with Crippen LogP contribution in [0.3, 0.4) is 0 Å². The largest absolute Gasteiger partial charge is 0.435 e. The number of carbonyl (C=O) groups is 1. The SMILES string of the molecule is Cc1ccc(C(C)C(C)C(=O)OC(OC(C)(C)C)C2CCCCC2)cc1. The number of benzene rings is 1. The first-order valence-corrected chi connectivity index (χ1v) is 10.1. The summed E-state index contributed by atoms with van der Waals surface area (Å²) in [6.45, 7) is 12.2. The predicted octanol–water partition coefficient (Wildman–Crippen LogP) is 6.00. The summed E-state index contributed by atoms with van der Waals surface area (Å²) < 4.78 is 12.1. The van der Waals surface area contributed by atoms with E-state index in [1.54, 1.807) is 0 Å². The molecule has 0 bridgehead atoms. The van der Waals surface area contributed by atoms with Crippen molar-refractivity contribution in [3.05, 3.63) is 35.4 Å². The fraction of sp³-hybridized carbons (Fsp3) is 0.696. The van der Waals surface area contributed by atoms with Crippen LogP contribution in [0.4, 0.5) is 0 Å². The molecule has 0 amide bonds. The first kappa shape index (κ1) is 21.0. The maximum Gasteiger partial charge on any atom is 0.311 e. The standard InChI is InChI=1S/C23H36O3/c1-16-12-14-19(15-13-16)17(2)18(3)21(24)25-22(26-23(4,5)6)20-10-8-7-9-11-20/h12-15,17-18,20,22H,7-11H2,1-6H3. The maximum absolute atomic E-state index is 12.9. The smallest absolute Gasteiger partial charge is 0.311 e. The molecule has 0 N–H and O–H groups in total. The van der Waals surface area contributed by atoms with Crippen LogP contribution in [-0.2, 0) is 14.3 Å². The first-order valence-electron chi connectivity index (χ1n) is 10.1. The number of carbonyl (C=O) groups excluding carboxylic acids is 1. The normalized spacial score (nSPS) is 19.6. The molecule has 1 aliphatic carbocycles. The van der Waals surface area contributed by atoms with Crippen molar-refractivity contribution in [2.24, 2.45) is 11.8 Å². The molecule has 1 fully saturated rings. The number of esters is 1. The molecule has 1 aromatic rings. The Labute approximate surface area is 159 Å². The van der Waals surface area contributed by atoms with Gasteiger partial charge in [-0.3, -0.25) is 4.79 Å². The van der Waals surface area contributed by atoms with E-state index in [2.05, 4.69) is 38.1 Å². The molecule has 1 aliphatic rings. The molecule has 1 aromatic carbocycles. The van der Waals surface area contributed by atoms with Gasteiger partial charge in [0, 0.05) is 5.92 Å². The average molecular weight is 361 g/mol. The third-order valence-corrected chi connectivity index (χ3v) is 5.46. The molecule has 3 heteroatoms. The highest BCUT2D eigenvalue weighted by molar-refractivity contribution is 5.73. The Bertz CT molecular complexity index is 564. The van der Waals surface area contributed by atoms with Gasteiger partial charge in [0.05, 0.1) is 11.5 Å². The van der Waals surface area contributed by atoms with Crippen molar-refractivity contribution < 1.29 is 14.3 Å². The average Bonchev–Trinajstić information content (AvgIpc) is 2.60. The lowest BCUT2D eigenvalue weighted by Crippen LogP contribution is -2.39. The van der Waals surface area contributed by atoms with Crippen LogP contribution >= 0.6 is 0 Å². The van der Waals surface area contributed by atoms with Gasteiger partial charge in [0.2, 0.25) is 6.29 Å². The molecule has 3 nitrogen and oxygen atoms in total. The molecule has 0 heterocycles. The second-order valence-electron chi connectivity index (χ2n) is 8.92. The highest BCUT2D eigenvalue weighted by Gasteiger charge is 2.33. The van der Waals surface area contributed by atoms with Gasteiger partial charge in [-0.25, -0.2) is 0 Å². The summed E-state index contributed by atoms with van der Waals surface area (Å²) in [5.41, 5.74) is 2.08. The zero-order chi connectivity index (χ0) is 19.3. The van der Waals surface area contributed by atoms with E-state index in [0.717, 1.165) is 12.8 Å². The lowest BCUT2D eigenvalue weighted by atomic mass is 9.87. The summed E-state index contributed by atoms with van der Waals surface area (Å²) in [7, 11) is 0. The summed E-state index contributed by atoms with van der Waals surface area (Å²) in [5, 5.41) is 0. The maximum atomic E-state index is 12.9. The van der Waals surface area contributed by atoms with Gasteiger partial charge in [-0.05, 0) is 52.0 Å². The van der Waals surface area contributed by atoms with E-state index in [1.165, 1.54) is 30.4 Å². The second-order valence-corrected chi connectivity index (χ2v) is 8.92. The molecule has 26 heavy (non-hydrogen) atoms. The van der Waals surface area contributed by atoms with Gasteiger partial charge in [-0.1, -0.05) is 62.9 Å². The van der Waals surface area contributed by atoms with Crippen molar-refractivity contribution in [2.75, 3.05) is 0 Å². The Morgan fingerprint density at radius 2 is 1.62 bits per heavy atom. The Kier molecular flexibility index (Phi) is 7.28. The van der Waals surface area contributed by atoms with Crippen molar-refractivity contribution in [1.29, 1.82) is 0 Å². The molecule has 146 valence electrons. The molecule has 0 saturated heterocycles. The summed E-state index contributed by atoms with van der Waals surface area (Å²) in [4.78, 5) is 12.9. The lowest BCUT2D eigenvalue weighted by molar-refractivity contribution is -0.225. The van der Waals surface area contributed by atoms with Crippen LogP contribution in [0.5, 0.6) is 0 Å². The van der Waals surface area contributed by atoms with Crippen molar-refractivity contribution >= 4 is 5.97 Å². The Hall–Kier alpha value is -1.35. The van der Waals surface area contributed by atoms with Gasteiger partial charge < -0.3 is 9.47 Å². The minimum atomic E-state index is -0.435. The number of ether oxygens (including phenoxy) is 2. The van der Waals surface area contributed by atoms with E-state index >= 15 is 0 Å². The van der Waals surface area contributed by atoms with Crippen LogP contribution < -0.4 is 0 Å². The molecule has 0 radical (unpaired) electrons. The lowest BCUT2D eigenvalue weighted by Gasteiger charge is -2.35. The van der Waals surface area contributed by atoms with E-state index in [0.29, 0.717) is 5.92 Å². The van der Waals surface area contributed by atoms with Gasteiger partial charge in [0.15, 0.2) is 0 Å². The zero-order valence-electron chi connectivity index (χ0n) is 17.4. The molecule has 3 atom stereocenters. The Morgan fingerprint density at radius 1 is 1.04 bits per heavy atom. The molecule has 0 aromatic heterocycles. The highest BCUT2D eigenvalue weighted by atomic mass is 16.7. The van der Waals surface area contributed by atoms with Crippen LogP contribution in [-0.4, -0.2) is 17.9 Å². The third-order valence-electron chi connectivity index (χ3n) is 5.46. The summed E-state index contributed by atoms with van der Waals surface area (Å²) in [5.74, 6) is 0.0730. The number of rotatable bonds is 6. The molecule has 2 rings (SSSR count). The molecular weight excluding hydrogens is 324 g/mol. The van der Waals surface area contributed by atoms with E-state index in [1.807, 2.05) is 27.7 Å². The van der Waals surface area contributed by atoms with Crippen LogP contribution in [0.2, 0.25) is 0 Å². The van der Waals surface area contributed by atoms with Gasteiger partial charge in [0.25, 0.3) is 0 Å². The minimum Gasteiger partial charge on any atom is -0.435 e. The Morgan fingerprint density at radius 3 is 2.15 bits per heavy atom. The van der Waals surface area contributed by atoms with E-state index < -0.39 is 6.29 Å². The number of hydrogen-bond donors (Lipinski definition) is 0. The van der Waals surface area contributed by atoms with Gasteiger partial charge in [0.1, 0.15) is 0 Å². The fourth-order valence-electron chi connectivity index (χ4n) is 3.56. The summed E-state index contributed by atoms with van der Waals surface area (Å²) in [6.07, 6.45) is 5.39. The zero-order valence-corrected chi connectivity index (χ0v) is 17.4. The molecule has 0 aliphatic heterocycles. The molecule has 3 unspecified atom stereocenters. The monoisotopic (exact) mass is 360 g/mol. The van der Waals surface area contributed by atoms with Crippen molar-refractivity contribution in [3.8, 4) is 0 Å². The molecule has 1 saturated carbocycles. The topological polar surface area (TPSA) is 35.5 Å². The summed E-state index contributed by atoms with van der Waals surface area (Å²) >= 11 is 0. The summed E-state index contributed by atoms with van der Waals surface area (Å²) in [6, 6.07) is 8.40. The van der Waals surface area contributed by atoms with Gasteiger partial charge in [-0.15, -0.1) is 0 Å². The second kappa shape index (κ2) is 9.03. The van der Waals surface area contributed by atoms with Crippen LogP contribution in [0.15, 0.2) is 24.3 Å². The van der Waals surface area contributed by atoms with Crippen LogP contribution in [0.1, 0.15) is 83.8 Å². The first-order chi connectivity index (χ1) is 12.2. The van der Waals surface area contributed by atoms with Crippen LogP contribution in [0, 0.1) is 18.8 Å². The fourth-order valence-corrected chi connectivity index (χ4v) is 3.56. The van der Waals surface area contributed by atoms with E-state index in [-0.39, 0.29) is 23.4 Å². The van der Waals surface area contributed by atoms with Gasteiger partial charge in [-0.2, -0.15) is 0 Å². The molecular formula is C23H36O3. The third kappa shape index (κ3) is 6.12. The quantitative estimate of drug-likeness (QED) is 0.461. The number of hydrogen-bond acceptors (Lipinski definition) is 3. The predicted molar refractivity (Wildman–Crippen MR) is 106 cm³/mol. The van der Waals surface area contributed by atoms with E-state index in [4.69, 9.17) is 9.47 Å². The highest BCUT2D eigenvalue weighted by Crippen LogP contribution is 2.32. The van der Waals surface area contributed by atoms with E-state index in [9.17, 15) is 4.79 Å². The van der Waals surface area contributed by atoms with Crippen LogP contribution in [0.25, 0.3) is 0 Å². The van der Waals surface area contributed by atoms with Crippen molar-refractivity contribution in [2.45, 2.75) is 91.5 Å². The minimum absolute atomic E-state index is 0.116. The Balaban J connectivity index is 2.05. The van der Waals surface area contributed by atoms with Crippen molar-refractivity contribution in [1.82, 2.24) is 0 Å². The number of aryl methyl sites for hydroxylation is 1.